The Morgan fingerprint density at radius 2 is 1.52 bits per heavy atom. The third-order valence-corrected chi connectivity index (χ3v) is 5.50. The maximum absolute atomic E-state index is 13.0. The second-order valence-corrected chi connectivity index (χ2v) is 7.37. The molecule has 1 amide bonds. The summed E-state index contributed by atoms with van der Waals surface area (Å²) < 4.78 is 5.19. The predicted octanol–water partition coefficient (Wildman–Crippen LogP) is 4.36. The fourth-order valence-corrected chi connectivity index (χ4v) is 3.89. The zero-order valence-electron chi connectivity index (χ0n) is 17.2. The normalized spacial score (nSPS) is 17.7. The fraction of sp³-hybridized carbons (Fsp3) is 0.154. The van der Waals surface area contributed by atoms with Crippen molar-refractivity contribution in [3.8, 4) is 5.75 Å². The number of rotatable bonds is 6. The van der Waals surface area contributed by atoms with E-state index in [0.29, 0.717) is 18.5 Å². The molecule has 3 aromatic rings. The predicted molar refractivity (Wildman–Crippen MR) is 119 cm³/mol. The number of ketones is 1. The third-order valence-electron chi connectivity index (χ3n) is 5.50. The van der Waals surface area contributed by atoms with Gasteiger partial charge in [-0.1, -0.05) is 72.8 Å². The Balaban J connectivity index is 1.71. The number of methoxy groups -OCH3 is 1. The molecular weight excluding hydrogens is 390 g/mol. The number of carbonyl (C=O) groups excluding carboxylic acids is 2. The molecule has 0 spiro atoms. The first kappa shape index (κ1) is 20.4. The summed E-state index contributed by atoms with van der Waals surface area (Å²) in [5, 5.41) is 11.0. The van der Waals surface area contributed by atoms with E-state index < -0.39 is 17.7 Å². The zero-order chi connectivity index (χ0) is 21.8. The SMILES string of the molecule is COc1ccc(CCN2C(=O)C(=O)/C(=C(/O)c3ccccc3)C2c2ccccc2)cc1. The molecule has 1 aliphatic heterocycles. The first-order valence-electron chi connectivity index (χ1n) is 10.1. The number of benzene rings is 3. The second kappa shape index (κ2) is 8.88. The lowest BCUT2D eigenvalue weighted by atomic mass is 9.95. The summed E-state index contributed by atoms with van der Waals surface area (Å²) in [6.07, 6.45) is 0.575. The van der Waals surface area contributed by atoms with Gasteiger partial charge in [0.15, 0.2) is 0 Å². The van der Waals surface area contributed by atoms with Crippen LogP contribution in [-0.4, -0.2) is 35.4 Å². The number of amides is 1. The highest BCUT2D eigenvalue weighted by molar-refractivity contribution is 6.46. The van der Waals surface area contributed by atoms with Gasteiger partial charge in [-0.2, -0.15) is 0 Å². The molecule has 5 nitrogen and oxygen atoms in total. The molecule has 0 aliphatic carbocycles. The lowest BCUT2D eigenvalue weighted by molar-refractivity contribution is -0.139. The first-order chi connectivity index (χ1) is 15.1. The van der Waals surface area contributed by atoms with Gasteiger partial charge in [-0.05, 0) is 29.7 Å². The molecule has 5 heteroatoms. The van der Waals surface area contributed by atoms with E-state index in [1.807, 2.05) is 60.7 Å². The smallest absolute Gasteiger partial charge is 0.295 e. The summed E-state index contributed by atoms with van der Waals surface area (Å²) in [5.41, 5.74) is 2.44. The molecule has 0 aromatic heterocycles. The van der Waals surface area contributed by atoms with Gasteiger partial charge in [0, 0.05) is 12.1 Å². The minimum absolute atomic E-state index is 0.122. The summed E-state index contributed by atoms with van der Waals surface area (Å²) in [7, 11) is 1.61. The fourth-order valence-electron chi connectivity index (χ4n) is 3.89. The van der Waals surface area contributed by atoms with Gasteiger partial charge in [0.25, 0.3) is 11.7 Å². The van der Waals surface area contributed by atoms with Crippen LogP contribution in [0.2, 0.25) is 0 Å². The molecule has 3 aromatic carbocycles. The van der Waals surface area contributed by atoms with Crippen molar-refractivity contribution in [2.24, 2.45) is 0 Å². The van der Waals surface area contributed by atoms with Crippen molar-refractivity contribution in [2.75, 3.05) is 13.7 Å². The summed E-state index contributed by atoms with van der Waals surface area (Å²) >= 11 is 0. The van der Waals surface area contributed by atoms with E-state index in [0.717, 1.165) is 16.9 Å². The summed E-state index contributed by atoms with van der Waals surface area (Å²) in [5.74, 6) is -0.652. The maximum atomic E-state index is 13.0. The highest BCUT2D eigenvalue weighted by Crippen LogP contribution is 2.39. The zero-order valence-corrected chi connectivity index (χ0v) is 17.2. The Hall–Kier alpha value is -3.86. The van der Waals surface area contributed by atoms with E-state index >= 15 is 0 Å². The van der Waals surface area contributed by atoms with Crippen LogP contribution < -0.4 is 4.74 Å². The Morgan fingerprint density at radius 3 is 2.13 bits per heavy atom. The highest BCUT2D eigenvalue weighted by Gasteiger charge is 2.45. The molecule has 0 saturated carbocycles. The van der Waals surface area contributed by atoms with Crippen LogP contribution in [0.4, 0.5) is 0 Å². The number of hydrogen-bond acceptors (Lipinski definition) is 4. The molecule has 1 aliphatic rings. The molecule has 156 valence electrons. The monoisotopic (exact) mass is 413 g/mol. The van der Waals surface area contributed by atoms with Crippen molar-refractivity contribution in [1.82, 2.24) is 4.90 Å². The van der Waals surface area contributed by atoms with Gasteiger partial charge in [-0.15, -0.1) is 0 Å². The van der Waals surface area contributed by atoms with Crippen LogP contribution in [0.25, 0.3) is 5.76 Å². The van der Waals surface area contributed by atoms with Crippen molar-refractivity contribution in [1.29, 1.82) is 0 Å². The quantitative estimate of drug-likeness (QED) is 0.370. The lowest BCUT2D eigenvalue weighted by Gasteiger charge is -2.25. The number of likely N-dealkylation sites (tertiary alicyclic amines) is 1. The number of carbonyl (C=O) groups is 2. The van der Waals surface area contributed by atoms with Crippen molar-refractivity contribution in [3.63, 3.8) is 0 Å². The van der Waals surface area contributed by atoms with Crippen LogP contribution in [0.1, 0.15) is 22.7 Å². The molecule has 1 heterocycles. The molecule has 1 fully saturated rings. The van der Waals surface area contributed by atoms with Gasteiger partial charge in [0.2, 0.25) is 0 Å². The number of nitrogens with zero attached hydrogens (tertiary/aromatic N) is 1. The molecule has 1 saturated heterocycles. The van der Waals surface area contributed by atoms with Crippen LogP contribution >= 0.6 is 0 Å². The van der Waals surface area contributed by atoms with E-state index in [2.05, 4.69) is 0 Å². The Labute approximate surface area is 181 Å². The van der Waals surface area contributed by atoms with E-state index in [1.54, 1.807) is 36.3 Å². The van der Waals surface area contributed by atoms with E-state index in [4.69, 9.17) is 4.74 Å². The topological polar surface area (TPSA) is 66.8 Å². The molecule has 1 unspecified atom stereocenters. The summed E-state index contributed by atoms with van der Waals surface area (Å²) in [6.45, 7) is 0.349. The van der Waals surface area contributed by atoms with Gasteiger partial charge in [0.05, 0.1) is 18.7 Å². The van der Waals surface area contributed by atoms with Crippen LogP contribution in [0, 0.1) is 0 Å². The molecule has 0 radical (unpaired) electrons. The Bertz CT molecular complexity index is 1110. The molecule has 1 atom stereocenters. The molecule has 1 N–H and O–H groups in total. The van der Waals surface area contributed by atoms with Crippen molar-refractivity contribution in [3.05, 3.63) is 107 Å². The summed E-state index contributed by atoms with van der Waals surface area (Å²) in [6, 6.07) is 25.2. The molecule has 0 bridgehead atoms. The number of aliphatic hydroxyl groups is 1. The van der Waals surface area contributed by atoms with E-state index in [1.165, 1.54) is 0 Å². The average molecular weight is 413 g/mol. The largest absolute Gasteiger partial charge is 0.507 e. The van der Waals surface area contributed by atoms with Crippen molar-refractivity contribution < 1.29 is 19.4 Å². The van der Waals surface area contributed by atoms with E-state index in [-0.39, 0.29) is 11.3 Å². The molecule has 4 rings (SSSR count). The number of ether oxygens (including phenoxy) is 1. The van der Waals surface area contributed by atoms with Gasteiger partial charge in [-0.25, -0.2) is 0 Å². The Morgan fingerprint density at radius 1 is 0.903 bits per heavy atom. The molecule has 31 heavy (non-hydrogen) atoms. The van der Waals surface area contributed by atoms with Crippen LogP contribution in [0.15, 0.2) is 90.5 Å². The van der Waals surface area contributed by atoms with E-state index in [9.17, 15) is 14.7 Å². The number of Topliss-reactive ketones (excluding diaryl/α,β-unsaturated/α-hetero) is 1. The molecular formula is C26H23NO4. The van der Waals surface area contributed by atoms with Gasteiger partial charge in [0.1, 0.15) is 11.5 Å². The maximum Gasteiger partial charge on any atom is 0.295 e. The lowest BCUT2D eigenvalue weighted by Crippen LogP contribution is -2.31. The summed E-state index contributed by atoms with van der Waals surface area (Å²) in [4.78, 5) is 27.5. The third kappa shape index (κ3) is 4.08. The van der Waals surface area contributed by atoms with Crippen LogP contribution in [-0.2, 0) is 16.0 Å². The number of aliphatic hydroxyl groups excluding tert-OH is 1. The van der Waals surface area contributed by atoms with Crippen LogP contribution in [0.3, 0.4) is 0 Å². The highest BCUT2D eigenvalue weighted by atomic mass is 16.5. The standard InChI is InChI=1S/C26H23NO4/c1-31-21-14-12-18(13-15-21)16-17-27-23(19-8-4-2-5-9-19)22(25(29)26(27)30)24(28)20-10-6-3-7-11-20/h2-15,23,28H,16-17H2,1H3/b24-22+. The van der Waals surface area contributed by atoms with Crippen LogP contribution in [0.5, 0.6) is 5.75 Å². The van der Waals surface area contributed by atoms with Gasteiger partial charge >= 0.3 is 0 Å². The second-order valence-electron chi connectivity index (χ2n) is 7.37. The van der Waals surface area contributed by atoms with Crippen molar-refractivity contribution in [2.45, 2.75) is 12.5 Å². The van der Waals surface area contributed by atoms with Gasteiger partial charge < -0.3 is 14.7 Å². The minimum Gasteiger partial charge on any atom is -0.507 e. The number of hydrogen-bond donors (Lipinski definition) is 1. The Kier molecular flexibility index (Phi) is 5.85. The van der Waals surface area contributed by atoms with Gasteiger partial charge in [-0.3, -0.25) is 9.59 Å². The van der Waals surface area contributed by atoms with Crippen molar-refractivity contribution >= 4 is 17.4 Å². The first-order valence-corrected chi connectivity index (χ1v) is 10.1. The minimum atomic E-state index is -0.662. The average Bonchev–Trinajstić information content (AvgIpc) is 3.08.